The first-order chi connectivity index (χ1) is 19.3. The van der Waals surface area contributed by atoms with Crippen LogP contribution in [0.4, 0.5) is 4.39 Å². The zero-order chi connectivity index (χ0) is 28.0. The highest BCUT2D eigenvalue weighted by molar-refractivity contribution is 6.30. The monoisotopic (exact) mass is 565 g/mol. The molecule has 0 unspecified atom stereocenters. The van der Waals surface area contributed by atoms with Crippen molar-refractivity contribution in [3.05, 3.63) is 81.9 Å². The van der Waals surface area contributed by atoms with Gasteiger partial charge in [0.15, 0.2) is 17.6 Å². The minimum absolute atomic E-state index is 0.168. The zero-order valence-electron chi connectivity index (χ0n) is 22.2. The highest BCUT2D eigenvalue weighted by Crippen LogP contribution is 2.44. The number of carboxylic acid groups (broad SMARTS) is 1. The molecule has 1 aromatic heterocycles. The molecular formula is C30H29ClFN3O5. The highest BCUT2D eigenvalue weighted by atomic mass is 35.5. The Morgan fingerprint density at radius 3 is 2.70 bits per heavy atom. The molecule has 2 aliphatic heterocycles. The van der Waals surface area contributed by atoms with E-state index in [9.17, 15) is 14.3 Å². The van der Waals surface area contributed by atoms with Gasteiger partial charge in [-0.25, -0.2) is 14.2 Å². The smallest absolute Gasteiger partial charge is 0.335 e. The molecule has 0 spiro atoms. The number of fused-ring (bicyclic) bond motifs is 2. The van der Waals surface area contributed by atoms with Gasteiger partial charge in [0.05, 0.1) is 24.7 Å². The van der Waals surface area contributed by atoms with Crippen LogP contribution in [0.3, 0.4) is 0 Å². The molecule has 3 aromatic carbocycles. The van der Waals surface area contributed by atoms with Crippen molar-refractivity contribution in [1.29, 1.82) is 0 Å². The van der Waals surface area contributed by atoms with Gasteiger partial charge in [-0.05, 0) is 62.2 Å². The van der Waals surface area contributed by atoms with Crippen molar-refractivity contribution in [1.82, 2.24) is 14.5 Å². The summed E-state index contributed by atoms with van der Waals surface area (Å²) in [6, 6.07) is 13.6. The molecule has 208 valence electrons. The van der Waals surface area contributed by atoms with Crippen molar-refractivity contribution in [3.63, 3.8) is 0 Å². The lowest BCUT2D eigenvalue weighted by molar-refractivity contribution is 0.0696. The van der Waals surface area contributed by atoms with Crippen LogP contribution in [-0.2, 0) is 13.6 Å². The van der Waals surface area contributed by atoms with Gasteiger partial charge in [0, 0.05) is 23.2 Å². The number of methoxy groups -OCH3 is 1. The molecule has 1 atom stereocenters. The Hall–Kier alpha value is -3.82. The lowest BCUT2D eigenvalue weighted by atomic mass is 9.88. The van der Waals surface area contributed by atoms with E-state index in [4.69, 9.17) is 30.8 Å². The van der Waals surface area contributed by atoms with Gasteiger partial charge in [0.1, 0.15) is 29.5 Å². The number of aromatic nitrogens is 2. The van der Waals surface area contributed by atoms with Crippen LogP contribution in [0.2, 0.25) is 5.02 Å². The van der Waals surface area contributed by atoms with E-state index in [-0.39, 0.29) is 12.2 Å². The predicted octanol–water partition coefficient (Wildman–Crippen LogP) is 5.96. The third-order valence-corrected chi connectivity index (χ3v) is 8.11. The normalized spacial score (nSPS) is 17.8. The van der Waals surface area contributed by atoms with Crippen LogP contribution < -0.4 is 14.2 Å². The van der Waals surface area contributed by atoms with Crippen molar-refractivity contribution in [2.24, 2.45) is 7.05 Å². The molecular weight excluding hydrogens is 537 g/mol. The van der Waals surface area contributed by atoms with Gasteiger partial charge in [0.2, 0.25) is 0 Å². The summed E-state index contributed by atoms with van der Waals surface area (Å²) >= 11 is 5.91. The van der Waals surface area contributed by atoms with E-state index in [1.165, 1.54) is 19.2 Å². The number of imidazole rings is 1. The number of likely N-dealkylation sites (tertiary alicyclic amines) is 1. The van der Waals surface area contributed by atoms with Crippen molar-refractivity contribution in [2.75, 3.05) is 26.8 Å². The summed E-state index contributed by atoms with van der Waals surface area (Å²) < 4.78 is 34.2. The number of carboxylic acids is 1. The minimum Gasteiger partial charge on any atom is -0.494 e. The summed E-state index contributed by atoms with van der Waals surface area (Å²) in [7, 11) is 3.42. The standard InChI is InChI=1S/C30H29ClFN3O5/c1-34-23-12-18(30(36)37)13-25(38-2)28(23)33-27(34)15-35-10-8-17(9-11-35)20-4-3-5-24-29(20)39-16-26(40-24)21-7-6-19(31)14-22(21)32/h3-7,12-14,17,26H,8-11,15-16H2,1-2H3,(H,36,37)/t26-/m1/s1. The first kappa shape index (κ1) is 26.4. The molecule has 0 amide bonds. The molecule has 2 aliphatic rings. The maximum Gasteiger partial charge on any atom is 0.335 e. The number of hydrogen-bond donors (Lipinski definition) is 1. The Bertz CT molecular complexity index is 1600. The molecule has 40 heavy (non-hydrogen) atoms. The zero-order valence-corrected chi connectivity index (χ0v) is 22.9. The molecule has 1 fully saturated rings. The third-order valence-electron chi connectivity index (χ3n) is 7.87. The molecule has 1 saturated heterocycles. The van der Waals surface area contributed by atoms with Gasteiger partial charge < -0.3 is 23.9 Å². The van der Waals surface area contributed by atoms with Crippen LogP contribution in [0.1, 0.15) is 52.2 Å². The van der Waals surface area contributed by atoms with Crippen LogP contribution in [0.25, 0.3) is 11.0 Å². The van der Waals surface area contributed by atoms with Crippen molar-refractivity contribution in [2.45, 2.75) is 31.4 Å². The second kappa shape index (κ2) is 10.6. The van der Waals surface area contributed by atoms with Crippen molar-refractivity contribution in [3.8, 4) is 17.2 Å². The first-order valence-electron chi connectivity index (χ1n) is 13.2. The summed E-state index contributed by atoms with van der Waals surface area (Å²) in [5.74, 6) is 1.56. The van der Waals surface area contributed by atoms with Gasteiger partial charge in [-0.1, -0.05) is 29.8 Å². The fourth-order valence-corrected chi connectivity index (χ4v) is 5.85. The number of halogens is 2. The predicted molar refractivity (Wildman–Crippen MR) is 148 cm³/mol. The molecule has 6 rings (SSSR count). The maximum atomic E-state index is 14.5. The summed E-state index contributed by atoms with van der Waals surface area (Å²) in [5.41, 5.74) is 3.09. The number of nitrogens with zero attached hydrogens (tertiary/aromatic N) is 3. The van der Waals surface area contributed by atoms with E-state index in [1.54, 1.807) is 18.2 Å². The molecule has 8 nitrogen and oxygen atoms in total. The SMILES string of the molecule is COc1cc(C(=O)O)cc2c1nc(CN1CCC(c3cccc4c3OC[C@H](c3ccc(Cl)cc3F)O4)CC1)n2C. The topological polar surface area (TPSA) is 86.1 Å². The van der Waals surface area contributed by atoms with Gasteiger partial charge in [0.25, 0.3) is 0 Å². The Kier molecular flexibility index (Phi) is 7.02. The number of aryl methyl sites for hydroxylation is 1. The van der Waals surface area contributed by atoms with E-state index in [0.717, 1.165) is 48.6 Å². The van der Waals surface area contributed by atoms with Gasteiger partial charge in [-0.2, -0.15) is 0 Å². The lowest BCUT2D eigenvalue weighted by Gasteiger charge is -2.34. The van der Waals surface area contributed by atoms with Crippen LogP contribution in [-0.4, -0.2) is 52.3 Å². The molecule has 0 saturated carbocycles. The first-order valence-corrected chi connectivity index (χ1v) is 13.6. The Labute approximate surface area is 235 Å². The fourth-order valence-electron chi connectivity index (χ4n) is 5.69. The summed E-state index contributed by atoms with van der Waals surface area (Å²) in [5, 5.41) is 9.81. The van der Waals surface area contributed by atoms with Gasteiger partial charge in [-0.3, -0.25) is 4.90 Å². The Balaban J connectivity index is 1.15. The summed E-state index contributed by atoms with van der Waals surface area (Å²) in [4.78, 5) is 18.7. The average Bonchev–Trinajstić information content (AvgIpc) is 3.27. The van der Waals surface area contributed by atoms with Crippen LogP contribution in [0.15, 0.2) is 48.5 Å². The lowest BCUT2D eigenvalue weighted by Crippen LogP contribution is -2.33. The van der Waals surface area contributed by atoms with E-state index in [0.29, 0.717) is 40.1 Å². The quantitative estimate of drug-likeness (QED) is 0.308. The number of benzene rings is 3. The number of para-hydroxylation sites is 1. The van der Waals surface area contributed by atoms with E-state index in [2.05, 4.69) is 11.0 Å². The van der Waals surface area contributed by atoms with E-state index >= 15 is 0 Å². The second-order valence-corrected chi connectivity index (χ2v) is 10.7. The fraction of sp³-hybridized carbons (Fsp3) is 0.333. The van der Waals surface area contributed by atoms with Gasteiger partial charge >= 0.3 is 5.97 Å². The second-order valence-electron chi connectivity index (χ2n) is 10.2. The molecule has 4 aromatic rings. The molecule has 0 bridgehead atoms. The number of aromatic carboxylic acids is 1. The van der Waals surface area contributed by atoms with E-state index in [1.807, 2.05) is 23.7 Å². The highest BCUT2D eigenvalue weighted by Gasteiger charge is 2.31. The molecule has 10 heteroatoms. The van der Waals surface area contributed by atoms with E-state index < -0.39 is 17.9 Å². The summed E-state index contributed by atoms with van der Waals surface area (Å²) in [6.07, 6.45) is 1.33. The van der Waals surface area contributed by atoms with Crippen LogP contribution >= 0.6 is 11.6 Å². The number of piperidine rings is 1. The van der Waals surface area contributed by atoms with Crippen LogP contribution in [0.5, 0.6) is 17.2 Å². The largest absolute Gasteiger partial charge is 0.494 e. The number of rotatable bonds is 6. The van der Waals surface area contributed by atoms with Crippen molar-refractivity contribution < 1.29 is 28.5 Å². The maximum absolute atomic E-state index is 14.5. The van der Waals surface area contributed by atoms with Gasteiger partial charge in [-0.15, -0.1) is 0 Å². The molecule has 0 radical (unpaired) electrons. The number of hydrogen-bond acceptors (Lipinski definition) is 6. The minimum atomic E-state index is -1.00. The van der Waals surface area contributed by atoms with Crippen molar-refractivity contribution >= 4 is 28.6 Å². The van der Waals surface area contributed by atoms with Crippen LogP contribution in [0, 0.1) is 5.82 Å². The molecule has 0 aliphatic carbocycles. The average molecular weight is 566 g/mol. The summed E-state index contributed by atoms with van der Waals surface area (Å²) in [6.45, 7) is 2.61. The Morgan fingerprint density at radius 1 is 1.18 bits per heavy atom. The molecule has 1 N–H and O–H groups in total. The number of ether oxygens (including phenoxy) is 3. The molecule has 3 heterocycles. The number of carbonyl (C=O) groups is 1. The Morgan fingerprint density at radius 2 is 1.98 bits per heavy atom. The third kappa shape index (κ3) is 4.84.